The van der Waals surface area contributed by atoms with Crippen LogP contribution in [-0.2, 0) is 10.1 Å². The van der Waals surface area contributed by atoms with E-state index in [1.165, 1.54) is 24.3 Å². The molecule has 0 aliphatic heterocycles. The first-order valence-corrected chi connectivity index (χ1v) is 4.23. The fourth-order valence-electron chi connectivity index (χ4n) is 0.627. The normalized spacial score (nSPS) is 11.4. The molecule has 0 spiro atoms. The van der Waals surface area contributed by atoms with E-state index < -0.39 is 10.1 Å². The molecule has 0 bridgehead atoms. The summed E-state index contributed by atoms with van der Waals surface area (Å²) in [4.78, 5) is -0.187. The molecule has 11 heavy (non-hydrogen) atoms. The largest absolute Gasteiger partial charge is 0.301 e. The molecule has 0 fully saturated rings. The van der Waals surface area contributed by atoms with Gasteiger partial charge in [0.1, 0.15) is 0 Å². The molecule has 2 N–H and O–H groups in total. The van der Waals surface area contributed by atoms with E-state index in [-0.39, 0.29) is 10.6 Å². The van der Waals surface area contributed by atoms with Crippen LogP contribution in [0.25, 0.3) is 0 Å². The molecule has 0 amide bonds. The van der Waals surface area contributed by atoms with Gasteiger partial charge in [0.25, 0.3) is 10.1 Å². The second kappa shape index (κ2) is 2.52. The molecule has 1 aromatic carbocycles. The van der Waals surface area contributed by atoms with Gasteiger partial charge in [-0.15, -0.1) is 0 Å². The Labute approximate surface area is 64.4 Å². The molecule has 0 unspecified atom stereocenters. The Hall–Kier alpha value is -1.07. The molecule has 1 radical (unpaired) electrons. The van der Waals surface area contributed by atoms with Crippen LogP contribution in [0.2, 0.25) is 0 Å². The van der Waals surface area contributed by atoms with Gasteiger partial charge >= 0.3 is 0 Å². The first-order chi connectivity index (χ1) is 5.00. The molecule has 1 rings (SSSR count). The SMILES string of the molecule is [NH]c1ccc(S(=O)(=O)O)cc1. The summed E-state index contributed by atoms with van der Waals surface area (Å²) in [6.07, 6.45) is 0. The highest BCUT2D eigenvalue weighted by Crippen LogP contribution is 2.11. The summed E-state index contributed by atoms with van der Waals surface area (Å²) in [7, 11) is -4.10. The van der Waals surface area contributed by atoms with Crippen molar-refractivity contribution in [1.29, 1.82) is 0 Å². The lowest BCUT2D eigenvalue weighted by Gasteiger charge is -1.94. The highest BCUT2D eigenvalue weighted by atomic mass is 32.2. The Kier molecular flexibility index (Phi) is 1.84. The van der Waals surface area contributed by atoms with Crippen molar-refractivity contribution < 1.29 is 13.0 Å². The average molecular weight is 172 g/mol. The molecule has 0 saturated heterocycles. The fraction of sp³-hybridized carbons (Fsp3) is 0. The molecule has 0 saturated carbocycles. The topological polar surface area (TPSA) is 78.2 Å². The van der Waals surface area contributed by atoms with Crippen LogP contribution in [0, 0.1) is 0 Å². The van der Waals surface area contributed by atoms with Gasteiger partial charge in [0.15, 0.2) is 0 Å². The average Bonchev–Trinajstić information content (AvgIpc) is 1.86. The van der Waals surface area contributed by atoms with Crippen LogP contribution >= 0.6 is 0 Å². The van der Waals surface area contributed by atoms with E-state index in [0.717, 1.165) is 0 Å². The third-order valence-electron chi connectivity index (χ3n) is 1.15. The third-order valence-corrected chi connectivity index (χ3v) is 2.02. The highest BCUT2D eigenvalue weighted by Gasteiger charge is 2.07. The van der Waals surface area contributed by atoms with Gasteiger partial charge in [0, 0.05) is 0 Å². The van der Waals surface area contributed by atoms with Crippen LogP contribution in [0.1, 0.15) is 0 Å². The van der Waals surface area contributed by atoms with Crippen molar-refractivity contribution in [1.82, 2.24) is 5.73 Å². The summed E-state index contributed by atoms with van der Waals surface area (Å²) in [6.45, 7) is 0. The van der Waals surface area contributed by atoms with Gasteiger partial charge < -0.3 is 5.73 Å². The maximum absolute atomic E-state index is 10.4. The summed E-state index contributed by atoms with van der Waals surface area (Å²) >= 11 is 0. The van der Waals surface area contributed by atoms with Crippen molar-refractivity contribution in [2.45, 2.75) is 4.90 Å². The summed E-state index contributed by atoms with van der Waals surface area (Å²) in [5.74, 6) is 0. The second-order valence-electron chi connectivity index (χ2n) is 2.00. The molecule has 59 valence electrons. The molecule has 0 heterocycles. The minimum Gasteiger partial charge on any atom is -0.301 e. The Morgan fingerprint density at radius 3 is 2.00 bits per heavy atom. The van der Waals surface area contributed by atoms with Crippen LogP contribution in [0.15, 0.2) is 29.2 Å². The van der Waals surface area contributed by atoms with Crippen molar-refractivity contribution >= 4 is 15.8 Å². The van der Waals surface area contributed by atoms with E-state index >= 15 is 0 Å². The molecule has 5 heteroatoms. The highest BCUT2D eigenvalue weighted by molar-refractivity contribution is 7.85. The zero-order valence-corrected chi connectivity index (χ0v) is 6.30. The minimum absolute atomic E-state index is 0.187. The predicted molar refractivity (Wildman–Crippen MR) is 39.0 cm³/mol. The maximum Gasteiger partial charge on any atom is 0.294 e. The zero-order chi connectivity index (χ0) is 8.48. The summed E-state index contributed by atoms with van der Waals surface area (Å²) in [5.41, 5.74) is 7.23. The monoisotopic (exact) mass is 172 g/mol. The van der Waals surface area contributed by atoms with Gasteiger partial charge in [-0.2, -0.15) is 8.42 Å². The molecule has 0 aliphatic rings. The van der Waals surface area contributed by atoms with Crippen molar-refractivity contribution in [3.05, 3.63) is 24.3 Å². The summed E-state index contributed by atoms with van der Waals surface area (Å²) in [6, 6.07) is 4.95. The molecular weight excluding hydrogens is 166 g/mol. The Bertz CT molecular complexity index is 341. The third kappa shape index (κ3) is 1.92. The van der Waals surface area contributed by atoms with E-state index in [0.29, 0.717) is 0 Å². The lowest BCUT2D eigenvalue weighted by molar-refractivity contribution is 0.483. The quantitative estimate of drug-likeness (QED) is 0.638. The molecular formula is C6H6NO3S. The van der Waals surface area contributed by atoms with Crippen LogP contribution in [-0.4, -0.2) is 13.0 Å². The number of hydrogen-bond acceptors (Lipinski definition) is 2. The molecule has 0 aliphatic carbocycles. The first-order valence-electron chi connectivity index (χ1n) is 2.79. The van der Waals surface area contributed by atoms with E-state index in [1.54, 1.807) is 0 Å². The lowest BCUT2D eigenvalue weighted by atomic mass is 10.3. The van der Waals surface area contributed by atoms with Gasteiger partial charge in [0.05, 0.1) is 10.6 Å². The van der Waals surface area contributed by atoms with E-state index in [9.17, 15) is 8.42 Å². The van der Waals surface area contributed by atoms with E-state index in [2.05, 4.69) is 0 Å². The second-order valence-corrected chi connectivity index (χ2v) is 3.42. The van der Waals surface area contributed by atoms with Crippen LogP contribution in [0.5, 0.6) is 0 Å². The summed E-state index contributed by atoms with van der Waals surface area (Å²) in [5, 5.41) is 0. The smallest absolute Gasteiger partial charge is 0.294 e. The van der Waals surface area contributed by atoms with Crippen LogP contribution < -0.4 is 5.73 Å². The van der Waals surface area contributed by atoms with E-state index in [1.807, 2.05) is 0 Å². The maximum atomic E-state index is 10.4. The minimum atomic E-state index is -4.10. The van der Waals surface area contributed by atoms with Crippen LogP contribution in [0.3, 0.4) is 0 Å². The van der Waals surface area contributed by atoms with Crippen LogP contribution in [0.4, 0.5) is 5.69 Å². The van der Waals surface area contributed by atoms with Crippen molar-refractivity contribution in [2.24, 2.45) is 0 Å². The Morgan fingerprint density at radius 1 is 1.18 bits per heavy atom. The van der Waals surface area contributed by atoms with Crippen molar-refractivity contribution in [3.63, 3.8) is 0 Å². The number of rotatable bonds is 1. The van der Waals surface area contributed by atoms with E-state index in [4.69, 9.17) is 10.3 Å². The van der Waals surface area contributed by atoms with Crippen molar-refractivity contribution in [2.75, 3.05) is 0 Å². The molecule has 0 atom stereocenters. The predicted octanol–water partition coefficient (Wildman–Crippen LogP) is 0.848. The molecule has 1 aromatic rings. The Morgan fingerprint density at radius 2 is 1.64 bits per heavy atom. The van der Waals surface area contributed by atoms with Gasteiger partial charge in [-0.3, -0.25) is 4.55 Å². The standard InChI is InChI=1S/C6H6NO3S/c7-5-1-3-6(4-2-5)11(8,9)10/h1-4,7H,(H,8,9,10). The first kappa shape index (κ1) is 8.03. The van der Waals surface area contributed by atoms with Gasteiger partial charge in [-0.05, 0) is 24.3 Å². The zero-order valence-electron chi connectivity index (χ0n) is 5.48. The summed E-state index contributed by atoms with van der Waals surface area (Å²) < 4.78 is 29.4. The van der Waals surface area contributed by atoms with Gasteiger partial charge in [-0.1, -0.05) is 0 Å². The fourth-order valence-corrected chi connectivity index (χ4v) is 1.11. The van der Waals surface area contributed by atoms with Gasteiger partial charge in [-0.25, -0.2) is 0 Å². The van der Waals surface area contributed by atoms with Crippen molar-refractivity contribution in [3.8, 4) is 0 Å². The lowest BCUT2D eigenvalue weighted by Crippen LogP contribution is -1.96. The number of hydrogen-bond donors (Lipinski definition) is 1. The molecule has 4 nitrogen and oxygen atoms in total. The number of nitrogens with one attached hydrogen (secondary N) is 1. The number of benzene rings is 1. The Balaban J connectivity index is 3.20. The van der Waals surface area contributed by atoms with Gasteiger partial charge in [0.2, 0.25) is 0 Å². The molecule has 0 aromatic heterocycles.